The molecule has 21 heavy (non-hydrogen) atoms. The summed E-state index contributed by atoms with van der Waals surface area (Å²) in [6.07, 6.45) is 5.30. The first kappa shape index (κ1) is 18.2. The van der Waals surface area contributed by atoms with Crippen molar-refractivity contribution < 1.29 is 8.42 Å². The Hall–Kier alpha value is -0.860. The molecule has 1 aromatic heterocycles. The second-order valence-corrected chi connectivity index (χ2v) is 8.15. The first-order valence-corrected chi connectivity index (χ1v) is 9.50. The zero-order chi connectivity index (χ0) is 16.0. The summed E-state index contributed by atoms with van der Waals surface area (Å²) >= 11 is 1.12. The highest BCUT2D eigenvalue weighted by Gasteiger charge is 2.28. The van der Waals surface area contributed by atoms with E-state index in [1.54, 1.807) is 0 Å². The van der Waals surface area contributed by atoms with Gasteiger partial charge in [0.05, 0.1) is 0 Å². The lowest BCUT2D eigenvalue weighted by Gasteiger charge is -2.19. The van der Waals surface area contributed by atoms with Crippen molar-refractivity contribution in [3.8, 4) is 0 Å². The van der Waals surface area contributed by atoms with E-state index in [4.69, 9.17) is 5.73 Å². The Morgan fingerprint density at radius 1 is 1.29 bits per heavy atom. The van der Waals surface area contributed by atoms with Crippen molar-refractivity contribution in [1.82, 2.24) is 8.68 Å². The van der Waals surface area contributed by atoms with Crippen LogP contribution >= 0.6 is 11.5 Å². The second-order valence-electron chi connectivity index (χ2n) is 5.29. The van der Waals surface area contributed by atoms with E-state index in [-0.39, 0.29) is 16.8 Å². The van der Waals surface area contributed by atoms with Crippen LogP contribution in [0.4, 0.5) is 10.8 Å². The zero-order valence-corrected chi connectivity index (χ0v) is 14.9. The van der Waals surface area contributed by atoms with Gasteiger partial charge in [0, 0.05) is 20.1 Å². The van der Waals surface area contributed by atoms with E-state index in [1.165, 1.54) is 18.4 Å². The lowest BCUT2D eigenvalue weighted by molar-refractivity contribution is 0.521. The summed E-state index contributed by atoms with van der Waals surface area (Å²) in [5.74, 6) is 0.0712. The molecule has 0 fully saturated rings. The SMILES string of the molecule is CCCCC(CCC)Nc1snc(N)c1S(=O)(=O)N(C)C. The fourth-order valence-electron chi connectivity index (χ4n) is 2.09. The molecule has 0 aromatic carbocycles. The van der Waals surface area contributed by atoms with Crippen molar-refractivity contribution in [2.24, 2.45) is 0 Å². The van der Waals surface area contributed by atoms with Crippen LogP contribution in [-0.4, -0.2) is 37.2 Å². The molecule has 0 spiro atoms. The van der Waals surface area contributed by atoms with Gasteiger partial charge in [0.1, 0.15) is 5.00 Å². The Morgan fingerprint density at radius 3 is 2.48 bits per heavy atom. The Bertz CT molecular complexity index is 540. The summed E-state index contributed by atoms with van der Waals surface area (Å²) in [4.78, 5) is 0.107. The van der Waals surface area contributed by atoms with Crippen LogP contribution < -0.4 is 11.1 Å². The number of unbranched alkanes of at least 4 members (excludes halogenated alkanes) is 1. The Balaban J connectivity index is 3.03. The van der Waals surface area contributed by atoms with Crippen molar-refractivity contribution in [3.63, 3.8) is 0 Å². The lowest BCUT2D eigenvalue weighted by Crippen LogP contribution is -2.25. The second kappa shape index (κ2) is 7.95. The largest absolute Gasteiger partial charge is 0.382 e. The molecule has 0 aliphatic rings. The van der Waals surface area contributed by atoms with Crippen LogP contribution in [0.15, 0.2) is 4.90 Å². The summed E-state index contributed by atoms with van der Waals surface area (Å²) in [5, 5.41) is 3.89. The van der Waals surface area contributed by atoms with Crippen LogP contribution in [-0.2, 0) is 10.0 Å². The number of aromatic nitrogens is 1. The predicted octanol–water partition coefficient (Wildman–Crippen LogP) is 2.75. The van der Waals surface area contributed by atoms with Crippen molar-refractivity contribution in [2.75, 3.05) is 25.1 Å². The summed E-state index contributed by atoms with van der Waals surface area (Å²) in [5.41, 5.74) is 5.77. The molecule has 1 aromatic rings. The smallest absolute Gasteiger partial charge is 0.249 e. The van der Waals surface area contributed by atoms with Crippen molar-refractivity contribution in [1.29, 1.82) is 0 Å². The van der Waals surface area contributed by atoms with E-state index in [0.717, 1.165) is 43.6 Å². The maximum Gasteiger partial charge on any atom is 0.249 e. The fourth-order valence-corrected chi connectivity index (χ4v) is 4.23. The molecule has 1 rings (SSSR count). The van der Waals surface area contributed by atoms with Crippen LogP contribution in [0.3, 0.4) is 0 Å². The van der Waals surface area contributed by atoms with Crippen molar-refractivity contribution in [2.45, 2.75) is 56.9 Å². The van der Waals surface area contributed by atoms with Crippen molar-refractivity contribution in [3.05, 3.63) is 0 Å². The first-order valence-electron chi connectivity index (χ1n) is 7.28. The highest BCUT2D eigenvalue weighted by Crippen LogP contribution is 2.34. The average molecular weight is 335 g/mol. The normalized spacial score (nSPS) is 13.6. The molecule has 1 heterocycles. The number of nitrogens with zero attached hydrogens (tertiary/aromatic N) is 2. The molecule has 122 valence electrons. The third-order valence-electron chi connectivity index (χ3n) is 3.29. The van der Waals surface area contributed by atoms with Gasteiger partial charge in [-0.2, -0.15) is 4.37 Å². The molecule has 0 aliphatic heterocycles. The number of hydrogen-bond acceptors (Lipinski definition) is 6. The average Bonchev–Trinajstić information content (AvgIpc) is 2.77. The number of nitrogens with two attached hydrogens (primary N) is 1. The zero-order valence-electron chi connectivity index (χ0n) is 13.2. The van der Waals surface area contributed by atoms with E-state index >= 15 is 0 Å². The minimum Gasteiger partial charge on any atom is -0.382 e. The molecule has 0 radical (unpaired) electrons. The Morgan fingerprint density at radius 2 is 1.95 bits per heavy atom. The molecule has 1 unspecified atom stereocenters. The molecule has 0 saturated heterocycles. The molecule has 0 saturated carbocycles. The molecule has 0 aliphatic carbocycles. The fraction of sp³-hybridized carbons (Fsp3) is 0.769. The lowest BCUT2D eigenvalue weighted by atomic mass is 10.1. The molecule has 0 bridgehead atoms. The van der Waals surface area contributed by atoms with Gasteiger partial charge in [0.25, 0.3) is 0 Å². The van der Waals surface area contributed by atoms with Gasteiger partial charge in [-0.15, -0.1) is 0 Å². The Kier molecular flexibility index (Phi) is 6.89. The van der Waals surface area contributed by atoms with E-state index in [0.29, 0.717) is 5.00 Å². The van der Waals surface area contributed by atoms with Gasteiger partial charge >= 0.3 is 0 Å². The topological polar surface area (TPSA) is 88.3 Å². The monoisotopic (exact) mass is 334 g/mol. The van der Waals surface area contributed by atoms with Gasteiger partial charge in [-0.25, -0.2) is 12.7 Å². The maximum absolute atomic E-state index is 12.4. The molecular formula is C13H26N4O2S2. The molecule has 8 heteroatoms. The number of nitrogen functional groups attached to an aromatic ring is 1. The van der Waals surface area contributed by atoms with Crippen LogP contribution in [0.1, 0.15) is 46.0 Å². The van der Waals surface area contributed by atoms with Gasteiger partial charge in [-0.05, 0) is 24.4 Å². The van der Waals surface area contributed by atoms with Crippen LogP contribution in [0, 0.1) is 0 Å². The molecular weight excluding hydrogens is 308 g/mol. The highest BCUT2D eigenvalue weighted by molar-refractivity contribution is 7.89. The molecule has 3 N–H and O–H groups in total. The minimum atomic E-state index is -3.58. The van der Waals surface area contributed by atoms with Gasteiger partial charge < -0.3 is 11.1 Å². The number of hydrogen-bond donors (Lipinski definition) is 2. The molecule has 6 nitrogen and oxygen atoms in total. The van der Waals surface area contributed by atoms with E-state index < -0.39 is 10.0 Å². The number of nitrogens with one attached hydrogen (secondary N) is 1. The van der Waals surface area contributed by atoms with Gasteiger partial charge in [0.2, 0.25) is 10.0 Å². The molecule has 0 amide bonds. The van der Waals surface area contributed by atoms with E-state index in [9.17, 15) is 8.42 Å². The van der Waals surface area contributed by atoms with Gasteiger partial charge in [-0.3, -0.25) is 0 Å². The predicted molar refractivity (Wildman–Crippen MR) is 89.2 cm³/mol. The van der Waals surface area contributed by atoms with Crippen LogP contribution in [0.2, 0.25) is 0 Å². The third-order valence-corrected chi connectivity index (χ3v) is 6.10. The highest BCUT2D eigenvalue weighted by atomic mass is 32.2. The number of rotatable bonds is 9. The Labute approximate surface area is 131 Å². The summed E-state index contributed by atoms with van der Waals surface area (Å²) in [6.45, 7) is 4.27. The van der Waals surface area contributed by atoms with Crippen LogP contribution in [0.5, 0.6) is 0 Å². The summed E-state index contributed by atoms with van der Waals surface area (Å²) in [7, 11) is -0.588. The third kappa shape index (κ3) is 4.55. The summed E-state index contributed by atoms with van der Waals surface area (Å²) < 4.78 is 29.9. The van der Waals surface area contributed by atoms with Gasteiger partial charge in [-0.1, -0.05) is 33.1 Å². The summed E-state index contributed by atoms with van der Waals surface area (Å²) in [6, 6.07) is 0.255. The number of sulfonamides is 1. The van der Waals surface area contributed by atoms with E-state index in [2.05, 4.69) is 23.5 Å². The first-order chi connectivity index (χ1) is 9.84. The van der Waals surface area contributed by atoms with Crippen molar-refractivity contribution >= 4 is 32.4 Å². The number of anilines is 2. The molecule has 1 atom stereocenters. The van der Waals surface area contributed by atoms with E-state index in [1.807, 2.05) is 0 Å². The van der Waals surface area contributed by atoms with Crippen LogP contribution in [0.25, 0.3) is 0 Å². The van der Waals surface area contributed by atoms with Gasteiger partial charge in [0.15, 0.2) is 10.7 Å². The quantitative estimate of drug-likeness (QED) is 0.725. The standard InChI is InChI=1S/C13H26N4O2S2/c1-5-7-9-10(8-6-2)15-13-11(12(14)16-20-13)21(18,19)17(3)4/h10,15H,5-9H2,1-4H3,(H2,14,16). The maximum atomic E-state index is 12.4. The minimum absolute atomic E-state index is 0.0712.